The summed E-state index contributed by atoms with van der Waals surface area (Å²) in [6, 6.07) is 17.4. The maximum atomic E-state index is 12.5. The highest BCUT2D eigenvalue weighted by molar-refractivity contribution is 6.06. The van der Waals surface area contributed by atoms with Crippen LogP contribution in [0.1, 0.15) is 17.2 Å². The van der Waals surface area contributed by atoms with Crippen molar-refractivity contribution in [3.8, 4) is 11.5 Å². The van der Waals surface area contributed by atoms with Crippen molar-refractivity contribution in [3.05, 3.63) is 82.2 Å². The standard InChI is InChI=1S/C23H18O6/c1-13-19(28-21(22(24)25)14-6-4-3-5-7-14)11-10-17-16-9-8-15(27-2)12-18(16)23(26)29-20(13)17/h3-12,21H,1-2H3,(H,24,25). The van der Waals surface area contributed by atoms with Gasteiger partial charge in [0.1, 0.15) is 17.1 Å². The van der Waals surface area contributed by atoms with E-state index >= 15 is 0 Å². The van der Waals surface area contributed by atoms with Crippen LogP contribution < -0.4 is 15.1 Å². The fraction of sp³-hybridized carbons (Fsp3) is 0.130. The summed E-state index contributed by atoms with van der Waals surface area (Å²) in [5.74, 6) is -0.208. The minimum absolute atomic E-state index is 0.338. The number of ether oxygens (including phenoxy) is 2. The highest BCUT2D eigenvalue weighted by Crippen LogP contribution is 2.34. The molecule has 29 heavy (non-hydrogen) atoms. The lowest BCUT2D eigenvalue weighted by atomic mass is 10.0. The summed E-state index contributed by atoms with van der Waals surface area (Å²) in [7, 11) is 1.53. The number of rotatable bonds is 5. The van der Waals surface area contributed by atoms with Crippen molar-refractivity contribution >= 4 is 27.7 Å². The van der Waals surface area contributed by atoms with Crippen molar-refractivity contribution in [2.75, 3.05) is 7.11 Å². The predicted molar refractivity (Wildman–Crippen MR) is 109 cm³/mol. The van der Waals surface area contributed by atoms with Gasteiger partial charge >= 0.3 is 11.6 Å². The zero-order valence-electron chi connectivity index (χ0n) is 15.8. The summed E-state index contributed by atoms with van der Waals surface area (Å²) in [5.41, 5.74) is 0.943. The van der Waals surface area contributed by atoms with E-state index in [2.05, 4.69) is 0 Å². The first-order valence-electron chi connectivity index (χ1n) is 8.98. The first kappa shape index (κ1) is 18.6. The van der Waals surface area contributed by atoms with Gasteiger partial charge < -0.3 is 19.0 Å². The maximum absolute atomic E-state index is 12.5. The number of carboxylic acid groups (broad SMARTS) is 1. The average molecular weight is 390 g/mol. The molecule has 0 aliphatic carbocycles. The Kier molecular flexibility index (Phi) is 4.68. The van der Waals surface area contributed by atoms with E-state index in [0.29, 0.717) is 33.6 Å². The van der Waals surface area contributed by atoms with Crippen molar-refractivity contribution in [1.29, 1.82) is 0 Å². The molecule has 4 rings (SSSR count). The molecular formula is C23H18O6. The molecule has 4 aromatic rings. The first-order chi connectivity index (χ1) is 14.0. The summed E-state index contributed by atoms with van der Waals surface area (Å²) in [6.07, 6.45) is -1.18. The Bertz CT molecular complexity index is 1270. The van der Waals surface area contributed by atoms with E-state index in [1.165, 1.54) is 7.11 Å². The second kappa shape index (κ2) is 7.31. The van der Waals surface area contributed by atoms with Gasteiger partial charge in [-0.25, -0.2) is 9.59 Å². The molecule has 0 fully saturated rings. The summed E-state index contributed by atoms with van der Waals surface area (Å²) in [5, 5.41) is 11.5. The highest BCUT2D eigenvalue weighted by Gasteiger charge is 2.23. The molecular weight excluding hydrogens is 372 g/mol. The number of methoxy groups -OCH3 is 1. The second-order valence-electron chi connectivity index (χ2n) is 6.61. The lowest BCUT2D eigenvalue weighted by Gasteiger charge is -2.18. The molecule has 1 N–H and O–H groups in total. The van der Waals surface area contributed by atoms with Crippen LogP contribution in [-0.4, -0.2) is 18.2 Å². The quantitative estimate of drug-likeness (QED) is 0.400. The summed E-state index contributed by atoms with van der Waals surface area (Å²) in [4.78, 5) is 24.3. The van der Waals surface area contributed by atoms with E-state index in [4.69, 9.17) is 13.9 Å². The molecule has 0 aliphatic rings. The van der Waals surface area contributed by atoms with Crippen LogP contribution in [0, 0.1) is 6.92 Å². The highest BCUT2D eigenvalue weighted by atomic mass is 16.5. The minimum atomic E-state index is -1.18. The topological polar surface area (TPSA) is 86.0 Å². The van der Waals surface area contributed by atoms with E-state index < -0.39 is 17.7 Å². The van der Waals surface area contributed by atoms with Gasteiger partial charge in [0, 0.05) is 21.9 Å². The summed E-state index contributed by atoms with van der Waals surface area (Å²) in [6.45, 7) is 1.74. The third-order valence-electron chi connectivity index (χ3n) is 4.86. The van der Waals surface area contributed by atoms with Crippen LogP contribution in [0.3, 0.4) is 0 Å². The second-order valence-corrected chi connectivity index (χ2v) is 6.61. The van der Waals surface area contributed by atoms with Crippen LogP contribution >= 0.6 is 0 Å². The van der Waals surface area contributed by atoms with Crippen LogP contribution in [-0.2, 0) is 4.79 Å². The van der Waals surface area contributed by atoms with Gasteiger partial charge in [-0.15, -0.1) is 0 Å². The SMILES string of the molecule is COc1ccc2c(c1)c(=O)oc1c(C)c(OC(C(=O)O)c3ccccc3)ccc12. The van der Waals surface area contributed by atoms with Gasteiger partial charge in [0.2, 0.25) is 6.10 Å². The van der Waals surface area contributed by atoms with Gasteiger partial charge in [0.15, 0.2) is 0 Å². The van der Waals surface area contributed by atoms with Gasteiger partial charge in [0.25, 0.3) is 0 Å². The molecule has 0 aliphatic heterocycles. The Labute approximate surface area is 165 Å². The van der Waals surface area contributed by atoms with Crippen LogP contribution in [0.15, 0.2) is 69.9 Å². The summed E-state index contributed by atoms with van der Waals surface area (Å²) < 4.78 is 16.5. The number of carboxylic acids is 1. The molecule has 1 atom stereocenters. The first-order valence-corrected chi connectivity index (χ1v) is 8.98. The van der Waals surface area contributed by atoms with Crippen molar-refractivity contribution in [2.24, 2.45) is 0 Å². The van der Waals surface area contributed by atoms with Crippen LogP contribution in [0.2, 0.25) is 0 Å². The zero-order chi connectivity index (χ0) is 20.5. The molecule has 1 heterocycles. The van der Waals surface area contributed by atoms with Crippen LogP contribution in [0.25, 0.3) is 21.7 Å². The fourth-order valence-corrected chi connectivity index (χ4v) is 3.36. The molecule has 0 spiro atoms. The van der Waals surface area contributed by atoms with E-state index in [-0.39, 0.29) is 0 Å². The monoisotopic (exact) mass is 390 g/mol. The largest absolute Gasteiger partial charge is 0.497 e. The normalized spacial score (nSPS) is 12.1. The van der Waals surface area contributed by atoms with E-state index in [0.717, 1.165) is 10.8 Å². The Morgan fingerprint density at radius 1 is 1.00 bits per heavy atom. The molecule has 0 saturated carbocycles. The number of fused-ring (bicyclic) bond motifs is 3. The Balaban J connectivity index is 1.85. The predicted octanol–water partition coefficient (Wildman–Crippen LogP) is 4.47. The van der Waals surface area contributed by atoms with E-state index in [9.17, 15) is 14.7 Å². The number of benzene rings is 3. The Morgan fingerprint density at radius 3 is 2.41 bits per heavy atom. The van der Waals surface area contributed by atoms with Gasteiger partial charge in [-0.3, -0.25) is 0 Å². The van der Waals surface area contributed by atoms with Crippen LogP contribution in [0.5, 0.6) is 11.5 Å². The van der Waals surface area contributed by atoms with Gasteiger partial charge in [-0.05, 0) is 37.3 Å². The molecule has 146 valence electrons. The van der Waals surface area contributed by atoms with Crippen molar-refractivity contribution in [3.63, 3.8) is 0 Å². The van der Waals surface area contributed by atoms with E-state index in [1.54, 1.807) is 67.6 Å². The zero-order valence-corrected chi connectivity index (χ0v) is 15.8. The van der Waals surface area contributed by atoms with Gasteiger partial charge in [-0.1, -0.05) is 30.3 Å². The molecule has 6 nitrogen and oxygen atoms in total. The smallest absolute Gasteiger partial charge is 0.349 e. The lowest BCUT2D eigenvalue weighted by Crippen LogP contribution is -2.18. The number of hydrogen-bond donors (Lipinski definition) is 1. The molecule has 0 amide bonds. The van der Waals surface area contributed by atoms with Gasteiger partial charge in [0.05, 0.1) is 12.5 Å². The maximum Gasteiger partial charge on any atom is 0.349 e. The lowest BCUT2D eigenvalue weighted by molar-refractivity contribution is -0.145. The number of hydrogen-bond acceptors (Lipinski definition) is 5. The molecule has 1 unspecified atom stereocenters. The van der Waals surface area contributed by atoms with Crippen LogP contribution in [0.4, 0.5) is 0 Å². The molecule has 0 saturated heterocycles. The Hall–Kier alpha value is -3.80. The molecule has 6 heteroatoms. The molecule has 0 bridgehead atoms. The third-order valence-corrected chi connectivity index (χ3v) is 4.86. The van der Waals surface area contributed by atoms with Gasteiger partial charge in [-0.2, -0.15) is 0 Å². The summed E-state index contributed by atoms with van der Waals surface area (Å²) >= 11 is 0. The minimum Gasteiger partial charge on any atom is -0.497 e. The Morgan fingerprint density at radius 2 is 1.72 bits per heavy atom. The third kappa shape index (κ3) is 3.29. The van der Waals surface area contributed by atoms with E-state index in [1.807, 2.05) is 0 Å². The average Bonchev–Trinajstić information content (AvgIpc) is 2.74. The fourth-order valence-electron chi connectivity index (χ4n) is 3.36. The molecule has 3 aromatic carbocycles. The van der Waals surface area contributed by atoms with Crippen molar-refractivity contribution in [1.82, 2.24) is 0 Å². The number of aliphatic carboxylic acids is 1. The molecule has 0 radical (unpaired) electrons. The number of aryl methyl sites for hydroxylation is 1. The van der Waals surface area contributed by atoms with Crippen molar-refractivity contribution < 1.29 is 23.8 Å². The number of carbonyl (C=O) groups is 1. The molecule has 1 aromatic heterocycles. The van der Waals surface area contributed by atoms with Crippen molar-refractivity contribution in [2.45, 2.75) is 13.0 Å².